The molecule has 0 aliphatic carbocycles. The molecule has 0 unspecified atom stereocenters. The van der Waals surface area contributed by atoms with Gasteiger partial charge in [-0.15, -0.1) is 0 Å². The first-order chi connectivity index (χ1) is 15.8. The highest BCUT2D eigenvalue weighted by atomic mass is 16.2. The van der Waals surface area contributed by atoms with E-state index >= 15 is 0 Å². The second-order valence-electron chi connectivity index (χ2n) is 10.9. The number of nitrogens with zero attached hydrogens (tertiary/aromatic N) is 1. The molecule has 0 atom stereocenters. The SMILES string of the molecule is Cc1ccc(NC(=O)C(C)(C)C)c(-c2cccc(-c3cc(C)ccc3NC(=O)C(C)(C)C)n2)c1. The minimum absolute atomic E-state index is 0.0559. The average Bonchev–Trinajstić information content (AvgIpc) is 2.74. The number of amides is 2. The quantitative estimate of drug-likeness (QED) is 0.443. The smallest absolute Gasteiger partial charge is 0.229 e. The van der Waals surface area contributed by atoms with Gasteiger partial charge in [-0.3, -0.25) is 9.59 Å². The number of aromatic nitrogens is 1. The topological polar surface area (TPSA) is 71.1 Å². The summed E-state index contributed by atoms with van der Waals surface area (Å²) in [5.41, 5.74) is 5.77. The first-order valence-electron chi connectivity index (χ1n) is 11.6. The van der Waals surface area contributed by atoms with Gasteiger partial charge in [0.15, 0.2) is 0 Å². The van der Waals surface area contributed by atoms with Crippen LogP contribution in [-0.4, -0.2) is 16.8 Å². The molecule has 2 amide bonds. The van der Waals surface area contributed by atoms with Crippen LogP contribution in [0.5, 0.6) is 0 Å². The van der Waals surface area contributed by atoms with E-state index in [1.807, 2.05) is 110 Å². The van der Waals surface area contributed by atoms with Crippen molar-refractivity contribution in [3.05, 3.63) is 65.7 Å². The van der Waals surface area contributed by atoms with Gasteiger partial charge >= 0.3 is 0 Å². The van der Waals surface area contributed by atoms with Crippen molar-refractivity contribution in [3.8, 4) is 22.5 Å². The van der Waals surface area contributed by atoms with Gasteiger partial charge in [0.2, 0.25) is 11.8 Å². The molecule has 0 aliphatic rings. The number of rotatable bonds is 4. The molecule has 0 aliphatic heterocycles. The zero-order chi connectivity index (χ0) is 25.3. The number of pyridine rings is 1. The second-order valence-corrected chi connectivity index (χ2v) is 10.9. The number of carbonyl (C=O) groups excluding carboxylic acids is 2. The summed E-state index contributed by atoms with van der Waals surface area (Å²) >= 11 is 0. The van der Waals surface area contributed by atoms with Crippen LogP contribution in [0.25, 0.3) is 22.5 Å². The summed E-state index contributed by atoms with van der Waals surface area (Å²) in [7, 11) is 0. The Morgan fingerprint density at radius 2 is 1.03 bits per heavy atom. The van der Waals surface area contributed by atoms with E-state index in [9.17, 15) is 9.59 Å². The van der Waals surface area contributed by atoms with E-state index in [0.717, 1.165) is 45.0 Å². The number of carbonyl (C=O) groups is 2. The lowest BCUT2D eigenvalue weighted by molar-refractivity contribution is -0.123. The van der Waals surface area contributed by atoms with Crippen molar-refractivity contribution in [1.29, 1.82) is 0 Å². The van der Waals surface area contributed by atoms with Gasteiger partial charge in [-0.05, 0) is 50.2 Å². The summed E-state index contributed by atoms with van der Waals surface area (Å²) in [6.45, 7) is 15.4. The first-order valence-corrected chi connectivity index (χ1v) is 11.6. The number of nitrogens with one attached hydrogen (secondary N) is 2. The molecule has 3 rings (SSSR count). The standard InChI is InChI=1S/C29H35N3O2/c1-18-12-14-24(31-26(33)28(3,4)5)20(16-18)22-10-9-11-23(30-22)21-17-19(2)13-15-25(21)32-27(34)29(6,7)8/h9-17H,1-8H3,(H,31,33)(H,32,34). The van der Waals surface area contributed by atoms with Gasteiger partial charge in [-0.1, -0.05) is 70.9 Å². The summed E-state index contributed by atoms with van der Waals surface area (Å²) in [5.74, 6) is -0.112. The van der Waals surface area contributed by atoms with Crippen molar-refractivity contribution >= 4 is 23.2 Å². The fourth-order valence-electron chi connectivity index (χ4n) is 3.31. The van der Waals surface area contributed by atoms with Crippen molar-refractivity contribution < 1.29 is 9.59 Å². The van der Waals surface area contributed by atoms with E-state index < -0.39 is 10.8 Å². The molecule has 3 aromatic rings. The fourth-order valence-corrected chi connectivity index (χ4v) is 3.31. The minimum Gasteiger partial charge on any atom is -0.325 e. The van der Waals surface area contributed by atoms with Crippen molar-refractivity contribution in [2.45, 2.75) is 55.4 Å². The van der Waals surface area contributed by atoms with Crippen molar-refractivity contribution in [1.82, 2.24) is 4.98 Å². The molecule has 2 aromatic carbocycles. The predicted molar refractivity (Wildman–Crippen MR) is 141 cm³/mol. The highest BCUT2D eigenvalue weighted by Gasteiger charge is 2.24. The van der Waals surface area contributed by atoms with Crippen LogP contribution in [-0.2, 0) is 9.59 Å². The third kappa shape index (κ3) is 5.90. The fraction of sp³-hybridized carbons (Fsp3) is 0.345. The lowest BCUT2D eigenvalue weighted by Crippen LogP contribution is -2.28. The summed E-state index contributed by atoms with van der Waals surface area (Å²) in [6.07, 6.45) is 0. The summed E-state index contributed by atoms with van der Waals surface area (Å²) < 4.78 is 0. The van der Waals surface area contributed by atoms with Crippen LogP contribution in [0.2, 0.25) is 0 Å². The highest BCUT2D eigenvalue weighted by Crippen LogP contribution is 2.34. The molecule has 178 valence electrons. The zero-order valence-corrected chi connectivity index (χ0v) is 21.5. The van der Waals surface area contributed by atoms with Gasteiger partial charge in [0.05, 0.1) is 22.8 Å². The highest BCUT2D eigenvalue weighted by molar-refractivity contribution is 5.99. The molecule has 2 N–H and O–H groups in total. The van der Waals surface area contributed by atoms with Crippen LogP contribution >= 0.6 is 0 Å². The Bertz CT molecular complexity index is 1140. The number of aryl methyl sites for hydroxylation is 2. The molecule has 0 spiro atoms. The Labute approximate surface area is 203 Å². The Morgan fingerprint density at radius 3 is 1.38 bits per heavy atom. The molecule has 0 saturated heterocycles. The number of hydrogen-bond acceptors (Lipinski definition) is 3. The molecule has 5 nitrogen and oxygen atoms in total. The molecular weight excluding hydrogens is 422 g/mol. The van der Waals surface area contributed by atoms with Crippen LogP contribution in [0.3, 0.4) is 0 Å². The molecule has 1 aromatic heterocycles. The van der Waals surface area contributed by atoms with Gasteiger partial charge in [-0.25, -0.2) is 4.98 Å². The minimum atomic E-state index is -0.515. The maximum absolute atomic E-state index is 12.7. The molecule has 5 heteroatoms. The Hall–Kier alpha value is -3.47. The summed E-state index contributed by atoms with van der Waals surface area (Å²) in [4.78, 5) is 30.3. The summed E-state index contributed by atoms with van der Waals surface area (Å²) in [6, 6.07) is 17.7. The van der Waals surface area contributed by atoms with E-state index in [2.05, 4.69) is 10.6 Å². The van der Waals surface area contributed by atoms with Gasteiger partial charge in [-0.2, -0.15) is 0 Å². The monoisotopic (exact) mass is 457 g/mol. The Morgan fingerprint density at radius 1 is 0.647 bits per heavy atom. The third-order valence-electron chi connectivity index (χ3n) is 5.51. The second kappa shape index (κ2) is 9.41. The van der Waals surface area contributed by atoms with Gasteiger partial charge < -0.3 is 10.6 Å². The molecule has 0 bridgehead atoms. The average molecular weight is 458 g/mol. The Kier molecular flexibility index (Phi) is 6.97. The number of anilines is 2. The molecule has 0 radical (unpaired) electrons. The lowest BCUT2D eigenvalue weighted by Gasteiger charge is -2.21. The summed E-state index contributed by atoms with van der Waals surface area (Å²) in [5, 5.41) is 6.13. The maximum atomic E-state index is 12.7. The molecule has 34 heavy (non-hydrogen) atoms. The van der Waals surface area contributed by atoms with E-state index in [0.29, 0.717) is 0 Å². The lowest BCUT2D eigenvalue weighted by atomic mass is 9.95. The molecular formula is C29H35N3O2. The van der Waals surface area contributed by atoms with Gasteiger partial charge in [0, 0.05) is 22.0 Å². The van der Waals surface area contributed by atoms with Gasteiger partial charge in [0.1, 0.15) is 0 Å². The van der Waals surface area contributed by atoms with E-state index in [-0.39, 0.29) is 11.8 Å². The normalized spacial score (nSPS) is 11.8. The van der Waals surface area contributed by atoms with Crippen LogP contribution in [0.15, 0.2) is 54.6 Å². The number of benzene rings is 2. The molecule has 0 saturated carbocycles. The maximum Gasteiger partial charge on any atom is 0.229 e. The van der Waals surface area contributed by atoms with Crippen LogP contribution in [0.1, 0.15) is 52.7 Å². The Balaban J connectivity index is 2.08. The molecule has 1 heterocycles. The van der Waals surface area contributed by atoms with Gasteiger partial charge in [0.25, 0.3) is 0 Å². The first kappa shape index (κ1) is 25.2. The van der Waals surface area contributed by atoms with Crippen LogP contribution < -0.4 is 10.6 Å². The third-order valence-corrected chi connectivity index (χ3v) is 5.51. The van der Waals surface area contributed by atoms with E-state index in [1.165, 1.54) is 0 Å². The largest absolute Gasteiger partial charge is 0.325 e. The van der Waals surface area contributed by atoms with Crippen molar-refractivity contribution in [2.24, 2.45) is 10.8 Å². The van der Waals surface area contributed by atoms with Crippen LogP contribution in [0, 0.1) is 24.7 Å². The molecule has 0 fully saturated rings. The van der Waals surface area contributed by atoms with E-state index in [4.69, 9.17) is 4.98 Å². The van der Waals surface area contributed by atoms with E-state index in [1.54, 1.807) is 0 Å². The predicted octanol–water partition coefficient (Wildman–Crippen LogP) is 7.00. The zero-order valence-electron chi connectivity index (χ0n) is 21.5. The van der Waals surface area contributed by atoms with Crippen molar-refractivity contribution in [2.75, 3.05) is 10.6 Å². The van der Waals surface area contributed by atoms with Crippen molar-refractivity contribution in [3.63, 3.8) is 0 Å². The number of hydrogen-bond donors (Lipinski definition) is 2. The van der Waals surface area contributed by atoms with Crippen LogP contribution in [0.4, 0.5) is 11.4 Å².